The van der Waals surface area contributed by atoms with Crippen LogP contribution in [0.5, 0.6) is 5.75 Å². The van der Waals surface area contributed by atoms with Crippen LogP contribution in [0.1, 0.15) is 21.0 Å². The number of rotatable bonds is 8. The number of carbonyl (C=O) groups is 1. The zero-order valence-corrected chi connectivity index (χ0v) is 19.5. The molecule has 0 aromatic carbocycles. The molecule has 4 rings (SSSR count). The summed E-state index contributed by atoms with van der Waals surface area (Å²) in [4.78, 5) is 27.2. The predicted octanol–water partition coefficient (Wildman–Crippen LogP) is 3.83. The van der Waals surface area contributed by atoms with Crippen molar-refractivity contribution in [3.63, 3.8) is 0 Å². The number of aromatic nitrogens is 3. The van der Waals surface area contributed by atoms with E-state index in [1.165, 1.54) is 18.5 Å². The van der Waals surface area contributed by atoms with Gasteiger partial charge >= 0.3 is 6.03 Å². The lowest BCUT2D eigenvalue weighted by Crippen LogP contribution is -2.47. The molecule has 4 N–H and O–H groups in total. The number of nitrogens with one attached hydrogen (secondary N) is 4. The van der Waals surface area contributed by atoms with E-state index in [1.807, 2.05) is 26.0 Å². The van der Waals surface area contributed by atoms with Gasteiger partial charge in [0.15, 0.2) is 0 Å². The van der Waals surface area contributed by atoms with Gasteiger partial charge in [0.05, 0.1) is 30.3 Å². The molecule has 0 aliphatic carbocycles. The van der Waals surface area contributed by atoms with E-state index in [4.69, 9.17) is 10.1 Å². The number of amides is 2. The molecule has 2 amide bonds. The number of hydrogen-bond donors (Lipinski definition) is 4. The van der Waals surface area contributed by atoms with Crippen LogP contribution < -0.4 is 20.7 Å². The number of likely N-dealkylation sites (N-methyl/N-ethyl adjacent to an activating group) is 1. The van der Waals surface area contributed by atoms with Crippen molar-refractivity contribution in [2.45, 2.75) is 26.0 Å². The summed E-state index contributed by atoms with van der Waals surface area (Å²) in [7, 11) is 0. The number of pyridine rings is 3. The summed E-state index contributed by atoms with van der Waals surface area (Å²) in [5, 5.41) is 16.6. The molecule has 1 saturated heterocycles. The zero-order valence-electron chi connectivity index (χ0n) is 19.5. The van der Waals surface area contributed by atoms with Crippen LogP contribution in [-0.2, 0) is 0 Å². The first kappa shape index (κ1) is 24.0. The molecule has 11 heteroatoms. The number of ether oxygens (including phenoxy) is 1. The number of anilines is 3. The monoisotopic (exact) mass is 482 g/mol. The average Bonchev–Trinajstić information content (AvgIpc) is 3.21. The number of hydrogen-bond acceptors (Lipinski definition) is 8. The molecule has 3 aromatic rings. The second-order valence-corrected chi connectivity index (χ2v) is 8.16. The van der Waals surface area contributed by atoms with E-state index in [-0.39, 0.29) is 15.0 Å². The van der Waals surface area contributed by atoms with Gasteiger partial charge in [0.1, 0.15) is 23.5 Å². The number of nitrogens with zero attached hydrogens (tertiary/aromatic N) is 4. The first-order valence-corrected chi connectivity index (χ1v) is 11.2. The smallest absolute Gasteiger partial charge is 0.320 e. The molecule has 10 nitrogen and oxygen atoms in total. The number of carbonyl (C=O) groups excluding carboxylic acids is 1. The van der Waals surface area contributed by atoms with Crippen molar-refractivity contribution in [2.75, 3.05) is 30.3 Å². The van der Waals surface area contributed by atoms with Crippen LogP contribution in [0.3, 0.4) is 0 Å². The fraction of sp³-hybridized carbons (Fsp3) is 0.292. The van der Waals surface area contributed by atoms with E-state index in [9.17, 15) is 9.18 Å². The third-order valence-electron chi connectivity index (χ3n) is 5.58. The highest BCUT2D eigenvalue weighted by Gasteiger charge is 2.35. The van der Waals surface area contributed by atoms with E-state index in [0.29, 0.717) is 35.9 Å². The number of halogens is 1. The van der Waals surface area contributed by atoms with Gasteiger partial charge in [0, 0.05) is 51.4 Å². The fourth-order valence-corrected chi connectivity index (χ4v) is 3.86. The lowest BCUT2D eigenvalue weighted by Gasteiger charge is -2.21. The summed E-state index contributed by atoms with van der Waals surface area (Å²) >= 11 is 0. The van der Waals surface area contributed by atoms with Crippen LogP contribution in [0.25, 0.3) is 0 Å². The molecule has 4 heterocycles. The predicted molar refractivity (Wildman–Crippen MR) is 135 cm³/mol. The maximum Gasteiger partial charge on any atom is 0.320 e. The van der Waals surface area contributed by atoms with Crippen molar-refractivity contribution in [3.05, 3.63) is 66.1 Å². The van der Waals surface area contributed by atoms with E-state index in [2.05, 4.69) is 35.8 Å². The van der Waals surface area contributed by atoms with Gasteiger partial charge in [-0.05, 0) is 31.7 Å². The Kier molecular flexibility index (Phi) is 7.46. The van der Waals surface area contributed by atoms with E-state index in [1.54, 1.807) is 18.5 Å². The van der Waals surface area contributed by atoms with Crippen molar-refractivity contribution in [3.8, 4) is 5.75 Å². The van der Waals surface area contributed by atoms with Crippen LogP contribution in [-0.4, -0.2) is 63.9 Å². The first-order valence-electron chi connectivity index (χ1n) is 11.2. The van der Waals surface area contributed by atoms with Crippen LogP contribution in [0.4, 0.5) is 26.4 Å². The normalized spacial score (nSPS) is 17.6. The first-order chi connectivity index (χ1) is 16.9. The summed E-state index contributed by atoms with van der Waals surface area (Å²) in [5.74, 6) is 0.125. The highest BCUT2D eigenvalue weighted by molar-refractivity contribution is 5.92. The lowest BCUT2D eigenvalue weighted by molar-refractivity contribution is 0.178. The molecule has 0 bridgehead atoms. The van der Waals surface area contributed by atoms with Crippen molar-refractivity contribution in [2.24, 2.45) is 0 Å². The second kappa shape index (κ2) is 10.9. The Labute approximate surface area is 205 Å². The molecule has 3 aromatic heterocycles. The molecule has 186 valence electrons. The molecule has 0 spiro atoms. The number of urea groups is 1. The van der Waals surface area contributed by atoms with Gasteiger partial charge in [0.25, 0.3) is 0 Å². The highest BCUT2D eigenvalue weighted by Crippen LogP contribution is 2.22. The Balaban J connectivity index is 0.00000241. The van der Waals surface area contributed by atoms with Crippen LogP contribution >= 0.6 is 0 Å². The van der Waals surface area contributed by atoms with Gasteiger partial charge in [-0.3, -0.25) is 20.2 Å². The van der Waals surface area contributed by atoms with Gasteiger partial charge < -0.3 is 20.8 Å². The Hall–Kier alpha value is -4.12. The lowest BCUT2D eigenvalue weighted by atomic mass is 10.2. The summed E-state index contributed by atoms with van der Waals surface area (Å²) in [5.41, 5.74) is 2.87. The van der Waals surface area contributed by atoms with Crippen LogP contribution in [0, 0.1) is 18.2 Å². The maximum atomic E-state index is 13.5. The average molecular weight is 483 g/mol. The molecule has 1 aliphatic rings. The van der Waals surface area contributed by atoms with E-state index >= 15 is 0 Å². The summed E-state index contributed by atoms with van der Waals surface area (Å²) in [6, 6.07) is 5.81. The van der Waals surface area contributed by atoms with Gasteiger partial charge in [-0.15, -0.1) is 0 Å². The number of likely N-dealkylation sites (tertiary alicyclic amines) is 1. The minimum atomic E-state index is -0.486. The van der Waals surface area contributed by atoms with Crippen LogP contribution in [0.2, 0.25) is 0 Å². The summed E-state index contributed by atoms with van der Waals surface area (Å²) in [6.45, 7) is 5.88. The molecule has 0 unspecified atom stereocenters. The van der Waals surface area contributed by atoms with Gasteiger partial charge in [-0.1, -0.05) is 6.92 Å². The minimum Gasteiger partial charge on any atom is -0.485 e. The Morgan fingerprint density at radius 2 is 2.14 bits per heavy atom. The molecule has 0 saturated carbocycles. The number of aryl methyl sites for hydroxylation is 1. The van der Waals surface area contributed by atoms with E-state index < -0.39 is 11.8 Å². The van der Waals surface area contributed by atoms with Crippen molar-refractivity contribution < 1.29 is 16.8 Å². The molecule has 35 heavy (non-hydrogen) atoms. The molecule has 1 fully saturated rings. The minimum absolute atomic E-state index is 0. The summed E-state index contributed by atoms with van der Waals surface area (Å²) in [6.07, 6.45) is 6.62. The van der Waals surface area contributed by atoms with Gasteiger partial charge in [-0.2, -0.15) is 0 Å². The zero-order chi connectivity index (χ0) is 24.8. The quantitative estimate of drug-likeness (QED) is 0.359. The Bertz CT molecular complexity index is 1220. The van der Waals surface area contributed by atoms with Crippen LogP contribution in [0.15, 0.2) is 49.1 Å². The molecular weight excluding hydrogens is 451 g/mol. The second-order valence-electron chi connectivity index (χ2n) is 8.16. The highest BCUT2D eigenvalue weighted by atomic mass is 19.1. The summed E-state index contributed by atoms with van der Waals surface area (Å²) < 4.78 is 19.4. The third kappa shape index (κ3) is 6.27. The maximum absolute atomic E-state index is 13.5. The largest absolute Gasteiger partial charge is 0.485 e. The standard InChI is InChI=1S/C24H27FN8O2.2H2/c1-3-33-13-21(22(14-33)35-19-8-17(25)10-27-11-19)31-24(34)32-23-7-16(9-26)20(12-29-23)30-18-4-5-28-15(2)6-18;;/h4-12,21-22,26H,3,13-14H2,1-2H3,(H,28,30)(H2,29,31,32,34);2*1H/t21-,22-;;/m0../s1. The van der Waals surface area contributed by atoms with Gasteiger partial charge in [0.2, 0.25) is 0 Å². The van der Waals surface area contributed by atoms with Crippen molar-refractivity contribution in [1.82, 2.24) is 25.2 Å². The molecular formula is C24H31FN8O2. The molecule has 2 atom stereocenters. The Morgan fingerprint density at radius 1 is 1.29 bits per heavy atom. The van der Waals surface area contributed by atoms with Crippen molar-refractivity contribution in [1.29, 1.82) is 5.41 Å². The van der Waals surface area contributed by atoms with Crippen molar-refractivity contribution >= 4 is 29.4 Å². The van der Waals surface area contributed by atoms with Gasteiger partial charge in [-0.25, -0.2) is 14.2 Å². The fourth-order valence-electron chi connectivity index (χ4n) is 3.86. The molecule has 0 radical (unpaired) electrons. The third-order valence-corrected chi connectivity index (χ3v) is 5.58. The Morgan fingerprint density at radius 3 is 2.89 bits per heavy atom. The topological polar surface area (TPSA) is 128 Å². The molecule has 1 aliphatic heterocycles. The van der Waals surface area contributed by atoms with E-state index in [0.717, 1.165) is 24.1 Å². The SMILES string of the molecule is CCN1C[C@H](NC(=O)Nc2cc(C=N)c(Nc3ccnc(C)c3)cn2)[C@@H](Oc2cncc(F)c2)C1.[HH].[HH].